The number of hydrogen-bond acceptors (Lipinski definition) is 5. The van der Waals surface area contributed by atoms with Crippen LogP contribution in [-0.4, -0.2) is 49.4 Å². The normalized spacial score (nSPS) is 23.9. The highest BCUT2D eigenvalue weighted by atomic mass is 35.5. The molecule has 0 aromatic heterocycles. The van der Waals surface area contributed by atoms with E-state index in [0.29, 0.717) is 15.9 Å². The van der Waals surface area contributed by atoms with Crippen molar-refractivity contribution in [3.63, 3.8) is 0 Å². The van der Waals surface area contributed by atoms with Crippen LogP contribution in [0.5, 0.6) is 5.75 Å². The number of thioether (sulfide) groups is 1. The summed E-state index contributed by atoms with van der Waals surface area (Å²) >= 11 is 7.25. The molecule has 4 rings (SSSR count). The topological polar surface area (TPSA) is 76.0 Å². The van der Waals surface area contributed by atoms with Gasteiger partial charge in [-0.25, -0.2) is 8.42 Å². The van der Waals surface area contributed by atoms with Gasteiger partial charge < -0.3 is 9.64 Å². The van der Waals surface area contributed by atoms with Gasteiger partial charge in [-0.15, -0.1) is 0 Å². The van der Waals surface area contributed by atoms with Gasteiger partial charge >= 0.3 is 0 Å². The third-order valence-corrected chi connectivity index (χ3v) is 8.37. The van der Waals surface area contributed by atoms with Crippen molar-refractivity contribution < 1.29 is 17.9 Å². The number of hydrogen-bond donors (Lipinski definition) is 0. The monoisotopic (exact) mass is 450 g/mol. The number of amides is 1. The molecule has 0 bridgehead atoms. The number of carbonyl (C=O) groups is 1. The molecule has 29 heavy (non-hydrogen) atoms. The fraction of sp³-hybridized carbons (Fsp3) is 0.300. The molecular weight excluding hydrogens is 432 g/mol. The van der Waals surface area contributed by atoms with Gasteiger partial charge in [0, 0.05) is 16.0 Å². The number of benzene rings is 2. The Morgan fingerprint density at radius 1 is 1.17 bits per heavy atom. The summed E-state index contributed by atoms with van der Waals surface area (Å²) in [5.41, 5.74) is 1.62. The van der Waals surface area contributed by atoms with Crippen LogP contribution in [0.4, 0.5) is 5.69 Å². The molecular formula is C20H19ClN2O4S2. The fourth-order valence-electron chi connectivity index (χ4n) is 3.53. The average molecular weight is 451 g/mol. The highest BCUT2D eigenvalue weighted by Gasteiger charge is 2.49. The van der Waals surface area contributed by atoms with E-state index in [1.807, 2.05) is 29.2 Å². The quantitative estimate of drug-likeness (QED) is 0.712. The average Bonchev–Trinajstić information content (AvgIpc) is 3.14. The van der Waals surface area contributed by atoms with Crippen molar-refractivity contribution >= 4 is 50.0 Å². The van der Waals surface area contributed by atoms with Crippen LogP contribution < -0.4 is 9.64 Å². The number of sulfone groups is 1. The number of anilines is 1. The first-order chi connectivity index (χ1) is 13.8. The van der Waals surface area contributed by atoms with Gasteiger partial charge in [0.15, 0.2) is 15.0 Å². The van der Waals surface area contributed by atoms with Crippen molar-refractivity contribution in [2.45, 2.75) is 17.7 Å². The molecule has 152 valence electrons. The number of aliphatic imine (C=N–C) groups is 1. The molecule has 0 N–H and O–H groups in total. The minimum atomic E-state index is -3.10. The smallest absolute Gasteiger partial charge is 0.252 e. The number of fused-ring (bicyclic) bond motifs is 1. The molecule has 6 nitrogen and oxygen atoms in total. The maximum atomic E-state index is 12.6. The molecule has 2 aliphatic heterocycles. The van der Waals surface area contributed by atoms with Gasteiger partial charge in [0.25, 0.3) is 5.91 Å². The highest BCUT2D eigenvalue weighted by molar-refractivity contribution is 8.16. The molecule has 2 atom stereocenters. The molecule has 1 amide bonds. The van der Waals surface area contributed by atoms with E-state index < -0.39 is 9.84 Å². The van der Waals surface area contributed by atoms with E-state index in [-0.39, 0.29) is 35.1 Å². The Morgan fingerprint density at radius 2 is 1.86 bits per heavy atom. The second kappa shape index (κ2) is 8.01. The third-order valence-electron chi connectivity index (χ3n) is 4.91. The minimum Gasteiger partial charge on any atom is -0.497 e. The lowest BCUT2D eigenvalue weighted by atomic mass is 10.1. The van der Waals surface area contributed by atoms with Crippen molar-refractivity contribution in [2.24, 2.45) is 4.99 Å². The second-order valence-electron chi connectivity index (χ2n) is 6.96. The van der Waals surface area contributed by atoms with E-state index in [1.165, 1.54) is 11.8 Å². The maximum Gasteiger partial charge on any atom is 0.252 e. The Balaban J connectivity index is 1.62. The lowest BCUT2D eigenvalue weighted by Gasteiger charge is -2.24. The Hall–Kier alpha value is -2.03. The van der Waals surface area contributed by atoms with E-state index >= 15 is 0 Å². The Morgan fingerprint density at radius 3 is 2.52 bits per heavy atom. The first kappa shape index (κ1) is 20.3. The standard InChI is InChI=1S/C20H19ClN2O4S2/c1-27-16-8-6-15(7-9-16)23-17-11-29(25,26)12-18(17)28-20(23)22-19(24)10-13-2-4-14(21)5-3-13/h2-9,17-18H,10-12H2,1H3/t17-,18-/m1/s1. The molecule has 2 aliphatic rings. The lowest BCUT2D eigenvalue weighted by Crippen LogP contribution is -2.37. The summed E-state index contributed by atoms with van der Waals surface area (Å²) in [5.74, 6) is 0.574. The number of nitrogens with zero attached hydrogens (tertiary/aromatic N) is 2. The van der Waals surface area contributed by atoms with Gasteiger partial charge in [-0.1, -0.05) is 35.5 Å². The molecule has 0 saturated carbocycles. The summed E-state index contributed by atoms with van der Waals surface area (Å²) in [6, 6.07) is 14.2. The van der Waals surface area contributed by atoms with Crippen LogP contribution in [-0.2, 0) is 21.1 Å². The van der Waals surface area contributed by atoms with Gasteiger partial charge in [-0.3, -0.25) is 4.79 Å². The lowest BCUT2D eigenvalue weighted by molar-refractivity contribution is -0.117. The first-order valence-electron chi connectivity index (χ1n) is 9.01. The van der Waals surface area contributed by atoms with Crippen molar-refractivity contribution in [2.75, 3.05) is 23.5 Å². The molecule has 0 radical (unpaired) electrons. The summed E-state index contributed by atoms with van der Waals surface area (Å²) in [4.78, 5) is 18.8. The van der Waals surface area contributed by atoms with Gasteiger partial charge in [-0.2, -0.15) is 4.99 Å². The Labute approximate surface area is 178 Å². The predicted octanol–water partition coefficient (Wildman–Crippen LogP) is 3.19. The zero-order chi connectivity index (χ0) is 20.6. The molecule has 0 unspecified atom stereocenters. The van der Waals surface area contributed by atoms with E-state index in [0.717, 1.165) is 11.3 Å². The van der Waals surface area contributed by atoms with Crippen molar-refractivity contribution in [3.05, 3.63) is 59.1 Å². The minimum absolute atomic E-state index is 0.0566. The molecule has 9 heteroatoms. The molecule has 2 aromatic carbocycles. The zero-order valence-electron chi connectivity index (χ0n) is 15.6. The maximum absolute atomic E-state index is 12.6. The summed E-state index contributed by atoms with van der Waals surface area (Å²) in [6.45, 7) is 0. The number of rotatable bonds is 4. The van der Waals surface area contributed by atoms with Crippen LogP contribution in [0, 0.1) is 0 Å². The summed E-state index contributed by atoms with van der Waals surface area (Å²) in [6.07, 6.45) is 0.158. The summed E-state index contributed by atoms with van der Waals surface area (Å²) in [5, 5.41) is 1.02. The molecule has 2 fully saturated rings. The van der Waals surface area contributed by atoms with E-state index in [4.69, 9.17) is 16.3 Å². The molecule has 2 aromatic rings. The molecule has 2 saturated heterocycles. The number of halogens is 1. The van der Waals surface area contributed by atoms with Gasteiger partial charge in [0.1, 0.15) is 5.75 Å². The van der Waals surface area contributed by atoms with Crippen LogP contribution in [0.3, 0.4) is 0 Å². The second-order valence-corrected chi connectivity index (χ2v) is 10.8. The van der Waals surface area contributed by atoms with E-state index in [2.05, 4.69) is 4.99 Å². The number of amidine groups is 1. The molecule has 0 aliphatic carbocycles. The van der Waals surface area contributed by atoms with Crippen LogP contribution in [0.25, 0.3) is 0 Å². The van der Waals surface area contributed by atoms with Crippen molar-refractivity contribution in [3.8, 4) is 5.75 Å². The van der Waals surface area contributed by atoms with Crippen LogP contribution in [0.15, 0.2) is 53.5 Å². The van der Waals surface area contributed by atoms with Gasteiger partial charge in [-0.05, 0) is 42.0 Å². The summed E-state index contributed by atoms with van der Waals surface area (Å²) < 4.78 is 29.5. The van der Waals surface area contributed by atoms with Gasteiger partial charge in [0.05, 0.1) is 31.1 Å². The third kappa shape index (κ3) is 4.44. The SMILES string of the molecule is COc1ccc(N2C(=NC(=O)Cc3ccc(Cl)cc3)S[C@@H]3CS(=O)(=O)C[C@H]32)cc1. The Bertz CT molecular complexity index is 1050. The predicted molar refractivity (Wildman–Crippen MR) is 117 cm³/mol. The zero-order valence-corrected chi connectivity index (χ0v) is 18.0. The highest BCUT2D eigenvalue weighted by Crippen LogP contribution is 2.41. The van der Waals surface area contributed by atoms with Gasteiger partial charge in [0.2, 0.25) is 0 Å². The number of ether oxygens (including phenoxy) is 1. The number of methoxy groups -OCH3 is 1. The van der Waals surface area contributed by atoms with E-state index in [1.54, 1.807) is 31.4 Å². The van der Waals surface area contributed by atoms with Crippen LogP contribution in [0.1, 0.15) is 5.56 Å². The van der Waals surface area contributed by atoms with Crippen LogP contribution >= 0.6 is 23.4 Å². The van der Waals surface area contributed by atoms with E-state index in [9.17, 15) is 13.2 Å². The Kier molecular flexibility index (Phi) is 5.59. The largest absolute Gasteiger partial charge is 0.497 e. The molecule has 0 spiro atoms. The summed E-state index contributed by atoms with van der Waals surface area (Å²) in [7, 11) is -1.52. The fourth-order valence-corrected chi connectivity index (χ4v) is 7.59. The van der Waals surface area contributed by atoms with Crippen molar-refractivity contribution in [1.82, 2.24) is 0 Å². The van der Waals surface area contributed by atoms with Crippen LogP contribution in [0.2, 0.25) is 5.02 Å². The first-order valence-corrected chi connectivity index (χ1v) is 12.1. The van der Waals surface area contributed by atoms with Crippen molar-refractivity contribution in [1.29, 1.82) is 0 Å². The molecule has 2 heterocycles. The number of carbonyl (C=O) groups excluding carboxylic acids is 1.